The highest BCUT2D eigenvalue weighted by atomic mass is 32.2. The summed E-state index contributed by atoms with van der Waals surface area (Å²) in [4.78, 5) is 0. The summed E-state index contributed by atoms with van der Waals surface area (Å²) >= 11 is 0. The molecule has 108 valence electrons. The topological polar surface area (TPSA) is 55.4 Å². The molecule has 0 heterocycles. The molecule has 1 aromatic rings. The number of ether oxygens (including phenoxy) is 1. The SMILES string of the molecule is CC(C)CNCc1ccccc1OCCS(C)(=O)=O. The van der Waals surface area contributed by atoms with Crippen molar-refractivity contribution in [3.05, 3.63) is 29.8 Å². The van der Waals surface area contributed by atoms with Gasteiger partial charge in [-0.25, -0.2) is 8.42 Å². The summed E-state index contributed by atoms with van der Waals surface area (Å²) in [5, 5.41) is 3.35. The van der Waals surface area contributed by atoms with E-state index in [9.17, 15) is 8.42 Å². The van der Waals surface area contributed by atoms with Crippen LogP contribution in [0.25, 0.3) is 0 Å². The molecule has 0 amide bonds. The van der Waals surface area contributed by atoms with E-state index in [4.69, 9.17) is 4.74 Å². The lowest BCUT2D eigenvalue weighted by Crippen LogP contribution is -2.20. The first-order valence-electron chi connectivity index (χ1n) is 6.47. The fraction of sp³-hybridized carbons (Fsp3) is 0.571. The van der Waals surface area contributed by atoms with Gasteiger partial charge in [-0.05, 0) is 18.5 Å². The molecule has 0 aromatic heterocycles. The molecule has 0 atom stereocenters. The number of hydrogen-bond donors (Lipinski definition) is 1. The van der Waals surface area contributed by atoms with Gasteiger partial charge in [0.2, 0.25) is 0 Å². The number of nitrogens with one attached hydrogen (secondary N) is 1. The van der Waals surface area contributed by atoms with E-state index in [0.717, 1.165) is 24.4 Å². The first-order chi connectivity index (χ1) is 8.88. The Kier molecular flexibility index (Phi) is 6.31. The molecule has 0 saturated carbocycles. The first kappa shape index (κ1) is 16.0. The summed E-state index contributed by atoms with van der Waals surface area (Å²) in [5.74, 6) is 1.39. The van der Waals surface area contributed by atoms with Crippen LogP contribution in [0.3, 0.4) is 0 Å². The molecule has 1 N–H and O–H groups in total. The van der Waals surface area contributed by atoms with Crippen LogP contribution in [0.1, 0.15) is 19.4 Å². The molecule has 1 aromatic carbocycles. The minimum absolute atomic E-state index is 0.0424. The van der Waals surface area contributed by atoms with E-state index in [1.807, 2.05) is 24.3 Å². The summed E-state index contributed by atoms with van der Waals surface area (Å²) in [5.41, 5.74) is 1.05. The van der Waals surface area contributed by atoms with Crippen molar-refractivity contribution in [3.8, 4) is 5.75 Å². The number of rotatable bonds is 8. The van der Waals surface area contributed by atoms with Crippen LogP contribution in [-0.2, 0) is 16.4 Å². The van der Waals surface area contributed by atoms with Crippen LogP contribution in [0, 0.1) is 5.92 Å². The second kappa shape index (κ2) is 7.50. The molecule has 0 bridgehead atoms. The summed E-state index contributed by atoms with van der Waals surface area (Å²) < 4.78 is 27.7. The first-order valence-corrected chi connectivity index (χ1v) is 8.53. The van der Waals surface area contributed by atoms with Crippen LogP contribution in [0.5, 0.6) is 5.75 Å². The lowest BCUT2D eigenvalue weighted by Gasteiger charge is -2.12. The van der Waals surface area contributed by atoms with Gasteiger partial charge in [0.05, 0.1) is 5.75 Å². The fourth-order valence-corrected chi connectivity index (χ4v) is 1.98. The third-order valence-electron chi connectivity index (χ3n) is 2.55. The molecule has 4 nitrogen and oxygen atoms in total. The van der Waals surface area contributed by atoms with Crippen LogP contribution in [-0.4, -0.2) is 33.6 Å². The fourth-order valence-electron chi connectivity index (χ4n) is 1.59. The zero-order valence-corrected chi connectivity index (χ0v) is 12.7. The van der Waals surface area contributed by atoms with E-state index in [1.54, 1.807) is 0 Å². The van der Waals surface area contributed by atoms with Gasteiger partial charge in [-0.1, -0.05) is 32.0 Å². The highest BCUT2D eigenvalue weighted by Gasteiger charge is 2.06. The summed E-state index contributed by atoms with van der Waals surface area (Å²) in [6, 6.07) is 7.70. The molecule has 19 heavy (non-hydrogen) atoms. The second-order valence-electron chi connectivity index (χ2n) is 5.11. The molecular weight excluding hydrogens is 262 g/mol. The van der Waals surface area contributed by atoms with Crippen molar-refractivity contribution in [1.82, 2.24) is 5.32 Å². The van der Waals surface area contributed by atoms with E-state index in [1.165, 1.54) is 6.26 Å². The van der Waals surface area contributed by atoms with Crippen molar-refractivity contribution >= 4 is 9.84 Å². The highest BCUT2D eigenvalue weighted by Crippen LogP contribution is 2.17. The van der Waals surface area contributed by atoms with Crippen molar-refractivity contribution in [2.75, 3.05) is 25.2 Å². The van der Waals surface area contributed by atoms with Gasteiger partial charge in [0.15, 0.2) is 9.84 Å². The maximum Gasteiger partial charge on any atom is 0.150 e. The molecule has 1 rings (SSSR count). The van der Waals surface area contributed by atoms with Gasteiger partial charge >= 0.3 is 0 Å². The Bertz CT molecular complexity index is 483. The smallest absolute Gasteiger partial charge is 0.150 e. The van der Waals surface area contributed by atoms with Gasteiger partial charge in [-0.3, -0.25) is 0 Å². The molecule has 0 aliphatic rings. The van der Waals surface area contributed by atoms with Crippen molar-refractivity contribution in [2.45, 2.75) is 20.4 Å². The Hall–Kier alpha value is -1.07. The number of para-hydroxylation sites is 1. The maximum atomic E-state index is 11.1. The Morgan fingerprint density at radius 1 is 1.26 bits per heavy atom. The van der Waals surface area contributed by atoms with Crippen LogP contribution in [0.15, 0.2) is 24.3 Å². The van der Waals surface area contributed by atoms with Crippen LogP contribution >= 0.6 is 0 Å². The standard InChI is InChI=1S/C14H23NO3S/c1-12(2)10-15-11-13-6-4-5-7-14(13)18-8-9-19(3,16)17/h4-7,12,15H,8-11H2,1-3H3. The summed E-state index contributed by atoms with van der Waals surface area (Å²) in [6.45, 7) is 6.17. The number of hydrogen-bond acceptors (Lipinski definition) is 4. The molecule has 5 heteroatoms. The monoisotopic (exact) mass is 285 g/mol. The van der Waals surface area contributed by atoms with E-state index in [-0.39, 0.29) is 12.4 Å². The Labute approximate surface area is 116 Å². The maximum absolute atomic E-state index is 11.1. The molecule has 0 fully saturated rings. The lowest BCUT2D eigenvalue weighted by atomic mass is 10.2. The third-order valence-corrected chi connectivity index (χ3v) is 3.46. The van der Waals surface area contributed by atoms with Crippen molar-refractivity contribution in [2.24, 2.45) is 5.92 Å². The quantitative estimate of drug-likeness (QED) is 0.792. The predicted molar refractivity (Wildman–Crippen MR) is 78.2 cm³/mol. The van der Waals surface area contributed by atoms with Gasteiger partial charge in [-0.2, -0.15) is 0 Å². The van der Waals surface area contributed by atoms with Gasteiger partial charge < -0.3 is 10.1 Å². The normalized spacial score (nSPS) is 11.8. The van der Waals surface area contributed by atoms with E-state index < -0.39 is 9.84 Å². The van der Waals surface area contributed by atoms with Crippen molar-refractivity contribution in [3.63, 3.8) is 0 Å². The molecule has 0 unspecified atom stereocenters. The minimum atomic E-state index is -2.98. The van der Waals surface area contributed by atoms with E-state index in [2.05, 4.69) is 19.2 Å². The zero-order chi connectivity index (χ0) is 14.3. The highest BCUT2D eigenvalue weighted by molar-refractivity contribution is 7.90. The van der Waals surface area contributed by atoms with Crippen LogP contribution < -0.4 is 10.1 Å². The predicted octanol–water partition coefficient (Wildman–Crippen LogP) is 1.86. The van der Waals surface area contributed by atoms with Crippen molar-refractivity contribution in [1.29, 1.82) is 0 Å². The Balaban J connectivity index is 2.53. The average Bonchev–Trinajstić information content (AvgIpc) is 2.29. The second-order valence-corrected chi connectivity index (χ2v) is 7.37. The van der Waals surface area contributed by atoms with E-state index >= 15 is 0 Å². The molecule has 0 aliphatic carbocycles. The zero-order valence-electron chi connectivity index (χ0n) is 11.8. The lowest BCUT2D eigenvalue weighted by molar-refractivity contribution is 0.336. The molecule has 0 aliphatic heterocycles. The van der Waals surface area contributed by atoms with Crippen molar-refractivity contribution < 1.29 is 13.2 Å². The molecule has 0 spiro atoms. The van der Waals surface area contributed by atoms with E-state index in [0.29, 0.717) is 5.92 Å². The number of benzene rings is 1. The molecule has 0 radical (unpaired) electrons. The van der Waals surface area contributed by atoms with Gasteiger partial charge in [0, 0.05) is 18.4 Å². The minimum Gasteiger partial charge on any atom is -0.492 e. The largest absolute Gasteiger partial charge is 0.492 e. The van der Waals surface area contributed by atoms with Gasteiger partial charge in [0.25, 0.3) is 0 Å². The Morgan fingerprint density at radius 2 is 1.95 bits per heavy atom. The third kappa shape index (κ3) is 7.18. The van der Waals surface area contributed by atoms with Gasteiger partial charge in [-0.15, -0.1) is 0 Å². The summed E-state index contributed by atoms with van der Waals surface area (Å²) in [7, 11) is -2.98. The number of sulfone groups is 1. The molecular formula is C14H23NO3S. The van der Waals surface area contributed by atoms with Gasteiger partial charge in [0.1, 0.15) is 12.4 Å². The molecule has 0 saturated heterocycles. The van der Waals surface area contributed by atoms with Crippen LogP contribution in [0.4, 0.5) is 0 Å². The Morgan fingerprint density at radius 3 is 2.58 bits per heavy atom. The summed E-state index contributed by atoms with van der Waals surface area (Å²) in [6.07, 6.45) is 1.21. The average molecular weight is 285 g/mol. The van der Waals surface area contributed by atoms with Crippen LogP contribution in [0.2, 0.25) is 0 Å².